The van der Waals surface area contributed by atoms with E-state index in [4.69, 9.17) is 5.11 Å². The second kappa shape index (κ2) is 6.67. The molecular formula is C15H20N2O5S. The summed E-state index contributed by atoms with van der Waals surface area (Å²) in [6, 6.07) is 5.70. The van der Waals surface area contributed by atoms with Gasteiger partial charge in [0.1, 0.15) is 0 Å². The van der Waals surface area contributed by atoms with E-state index >= 15 is 0 Å². The number of benzene rings is 1. The molecule has 23 heavy (non-hydrogen) atoms. The third-order valence-corrected chi connectivity index (χ3v) is 5.77. The molecule has 1 heterocycles. The number of carbonyl (C=O) groups is 2. The van der Waals surface area contributed by atoms with E-state index in [2.05, 4.69) is 0 Å². The largest absolute Gasteiger partial charge is 0.481 e. The van der Waals surface area contributed by atoms with E-state index in [1.165, 1.54) is 43.3 Å². The third kappa shape index (κ3) is 3.70. The summed E-state index contributed by atoms with van der Waals surface area (Å²) in [5.41, 5.74) is 0.355. The molecule has 1 saturated heterocycles. The number of rotatable bonds is 4. The molecule has 7 nitrogen and oxygen atoms in total. The number of hydrogen-bond donors (Lipinski definition) is 1. The minimum absolute atomic E-state index is 0.112. The molecule has 1 aliphatic heterocycles. The van der Waals surface area contributed by atoms with Crippen molar-refractivity contribution in [3.63, 3.8) is 0 Å². The summed E-state index contributed by atoms with van der Waals surface area (Å²) in [5.74, 6) is -1.71. The maximum Gasteiger partial charge on any atom is 0.308 e. The van der Waals surface area contributed by atoms with Crippen LogP contribution in [0.5, 0.6) is 0 Å². The normalized spacial score (nSPS) is 18.9. The first-order valence-corrected chi connectivity index (χ1v) is 8.72. The zero-order chi connectivity index (χ0) is 17.2. The highest BCUT2D eigenvalue weighted by Crippen LogP contribution is 2.20. The van der Waals surface area contributed by atoms with Gasteiger partial charge in [-0.2, -0.15) is 0 Å². The fraction of sp³-hybridized carbons (Fsp3) is 0.467. The molecule has 8 heteroatoms. The van der Waals surface area contributed by atoms with Crippen molar-refractivity contribution in [2.45, 2.75) is 17.7 Å². The van der Waals surface area contributed by atoms with E-state index in [0.29, 0.717) is 24.9 Å². The van der Waals surface area contributed by atoms with Crippen molar-refractivity contribution >= 4 is 21.9 Å². The number of aliphatic carboxylic acids is 1. The summed E-state index contributed by atoms with van der Waals surface area (Å²) in [4.78, 5) is 25.1. The highest BCUT2D eigenvalue weighted by Gasteiger charge is 2.28. The number of carbonyl (C=O) groups excluding carboxylic acids is 1. The molecule has 126 valence electrons. The zero-order valence-corrected chi connectivity index (χ0v) is 13.9. The molecule has 0 bridgehead atoms. The van der Waals surface area contributed by atoms with Crippen LogP contribution in [0.25, 0.3) is 0 Å². The van der Waals surface area contributed by atoms with E-state index in [1.54, 1.807) is 0 Å². The molecule has 1 atom stereocenters. The van der Waals surface area contributed by atoms with E-state index in [9.17, 15) is 18.0 Å². The summed E-state index contributed by atoms with van der Waals surface area (Å²) in [6.45, 7) is 0.701. The Kier molecular flexibility index (Phi) is 5.06. The molecule has 0 aliphatic carbocycles. The lowest BCUT2D eigenvalue weighted by molar-refractivity contribution is -0.143. The molecule has 1 fully saturated rings. The molecular weight excluding hydrogens is 320 g/mol. The molecule has 1 aromatic rings. The first kappa shape index (κ1) is 17.4. The number of carboxylic acid groups (broad SMARTS) is 1. The standard InChI is InChI=1S/C15H20N2O5S/c1-16(2)23(21,22)13-7-5-11(6-8-13)14(18)17-9-3-4-12(10-17)15(19)20/h5-8,12H,3-4,9-10H2,1-2H3,(H,19,20)/t12-/m0/s1. The topological polar surface area (TPSA) is 95.0 Å². The number of nitrogens with zero attached hydrogens (tertiary/aromatic N) is 2. The monoisotopic (exact) mass is 340 g/mol. The van der Waals surface area contributed by atoms with Crippen LogP contribution in [0, 0.1) is 5.92 Å². The Labute approximate surface area is 135 Å². The van der Waals surface area contributed by atoms with Crippen LogP contribution in [0.3, 0.4) is 0 Å². The predicted molar refractivity (Wildman–Crippen MR) is 83.6 cm³/mol. The third-order valence-electron chi connectivity index (χ3n) is 3.94. The van der Waals surface area contributed by atoms with Crippen molar-refractivity contribution in [3.8, 4) is 0 Å². The number of sulfonamides is 1. The second-order valence-electron chi connectivity index (χ2n) is 5.74. The predicted octanol–water partition coefficient (Wildman–Crippen LogP) is 0.874. The Hall–Kier alpha value is -1.93. The van der Waals surface area contributed by atoms with Crippen molar-refractivity contribution in [2.75, 3.05) is 27.2 Å². The first-order valence-electron chi connectivity index (χ1n) is 7.28. The van der Waals surface area contributed by atoms with Gasteiger partial charge in [-0.05, 0) is 37.1 Å². The summed E-state index contributed by atoms with van der Waals surface area (Å²) in [7, 11) is -0.656. The van der Waals surface area contributed by atoms with E-state index in [-0.39, 0.29) is 17.3 Å². The van der Waals surface area contributed by atoms with Crippen LogP contribution in [-0.4, -0.2) is 61.8 Å². The average Bonchev–Trinajstić information content (AvgIpc) is 2.54. The smallest absolute Gasteiger partial charge is 0.308 e. The van der Waals surface area contributed by atoms with Gasteiger partial charge in [0.2, 0.25) is 10.0 Å². The minimum Gasteiger partial charge on any atom is -0.481 e. The van der Waals surface area contributed by atoms with Gasteiger partial charge < -0.3 is 10.0 Å². The Morgan fingerprint density at radius 2 is 1.83 bits per heavy atom. The van der Waals surface area contributed by atoms with Crippen LogP contribution in [-0.2, 0) is 14.8 Å². The van der Waals surface area contributed by atoms with E-state index < -0.39 is 21.9 Å². The lowest BCUT2D eigenvalue weighted by Gasteiger charge is -2.30. The number of amides is 1. The fourth-order valence-corrected chi connectivity index (χ4v) is 3.43. The van der Waals surface area contributed by atoms with Gasteiger partial charge in [-0.1, -0.05) is 0 Å². The number of hydrogen-bond acceptors (Lipinski definition) is 4. The van der Waals surface area contributed by atoms with E-state index in [1.807, 2.05) is 0 Å². The SMILES string of the molecule is CN(C)S(=O)(=O)c1ccc(C(=O)N2CCC[C@H](C(=O)O)C2)cc1. The van der Waals surface area contributed by atoms with Crippen LogP contribution in [0.15, 0.2) is 29.2 Å². The van der Waals surface area contributed by atoms with Gasteiger partial charge in [0.05, 0.1) is 10.8 Å². The molecule has 0 saturated carbocycles. The van der Waals surface area contributed by atoms with Crippen molar-refractivity contribution in [3.05, 3.63) is 29.8 Å². The quantitative estimate of drug-likeness (QED) is 0.878. The van der Waals surface area contributed by atoms with E-state index in [0.717, 1.165) is 4.31 Å². The molecule has 1 amide bonds. The fourth-order valence-electron chi connectivity index (χ4n) is 2.53. The van der Waals surface area contributed by atoms with Gasteiger partial charge in [0, 0.05) is 32.7 Å². The maximum atomic E-state index is 12.4. The van der Waals surface area contributed by atoms with Crippen LogP contribution in [0.1, 0.15) is 23.2 Å². The lowest BCUT2D eigenvalue weighted by Crippen LogP contribution is -2.42. The molecule has 0 aromatic heterocycles. The highest BCUT2D eigenvalue weighted by atomic mass is 32.2. The first-order chi connectivity index (χ1) is 10.7. The Balaban J connectivity index is 2.16. The zero-order valence-electron chi connectivity index (χ0n) is 13.1. The Morgan fingerprint density at radius 3 is 2.35 bits per heavy atom. The van der Waals surface area contributed by atoms with Gasteiger partial charge in [0.15, 0.2) is 0 Å². The molecule has 0 radical (unpaired) electrons. The highest BCUT2D eigenvalue weighted by molar-refractivity contribution is 7.89. The number of carboxylic acids is 1. The maximum absolute atomic E-state index is 12.4. The Bertz CT molecular complexity index is 697. The summed E-state index contributed by atoms with van der Waals surface area (Å²) < 4.78 is 25.1. The van der Waals surface area contributed by atoms with Gasteiger partial charge >= 0.3 is 5.97 Å². The molecule has 2 rings (SSSR count). The Morgan fingerprint density at radius 1 is 1.22 bits per heavy atom. The molecule has 1 aliphatic rings. The second-order valence-corrected chi connectivity index (χ2v) is 7.89. The van der Waals surface area contributed by atoms with Crippen molar-refractivity contribution < 1.29 is 23.1 Å². The van der Waals surface area contributed by atoms with Crippen molar-refractivity contribution in [1.29, 1.82) is 0 Å². The van der Waals surface area contributed by atoms with Gasteiger partial charge in [-0.3, -0.25) is 9.59 Å². The average molecular weight is 340 g/mol. The molecule has 1 N–H and O–H groups in total. The molecule has 1 aromatic carbocycles. The van der Waals surface area contributed by atoms with Crippen LogP contribution < -0.4 is 0 Å². The van der Waals surface area contributed by atoms with Crippen LogP contribution in [0.2, 0.25) is 0 Å². The van der Waals surface area contributed by atoms with Crippen molar-refractivity contribution in [2.24, 2.45) is 5.92 Å². The lowest BCUT2D eigenvalue weighted by atomic mass is 9.97. The summed E-state index contributed by atoms with van der Waals surface area (Å²) in [6.07, 6.45) is 1.22. The van der Waals surface area contributed by atoms with Gasteiger partial charge in [-0.15, -0.1) is 0 Å². The van der Waals surface area contributed by atoms with Crippen molar-refractivity contribution in [1.82, 2.24) is 9.21 Å². The van der Waals surface area contributed by atoms with Crippen LogP contribution >= 0.6 is 0 Å². The summed E-state index contributed by atoms with van der Waals surface area (Å²) >= 11 is 0. The number of likely N-dealkylation sites (tertiary alicyclic amines) is 1. The summed E-state index contributed by atoms with van der Waals surface area (Å²) in [5, 5.41) is 9.08. The number of piperidine rings is 1. The minimum atomic E-state index is -3.53. The molecule has 0 unspecified atom stereocenters. The van der Waals surface area contributed by atoms with Gasteiger partial charge in [0.25, 0.3) is 5.91 Å². The molecule has 0 spiro atoms. The van der Waals surface area contributed by atoms with Crippen LogP contribution in [0.4, 0.5) is 0 Å². The van der Waals surface area contributed by atoms with Gasteiger partial charge in [-0.25, -0.2) is 12.7 Å².